The van der Waals surface area contributed by atoms with Crippen LogP contribution in [0.25, 0.3) is 11.3 Å². The van der Waals surface area contributed by atoms with E-state index in [2.05, 4.69) is 9.97 Å². The van der Waals surface area contributed by atoms with E-state index in [1.807, 2.05) is 25.1 Å². The molecule has 0 aliphatic rings. The van der Waals surface area contributed by atoms with Crippen molar-refractivity contribution in [3.05, 3.63) is 45.7 Å². The van der Waals surface area contributed by atoms with Crippen LogP contribution in [-0.2, 0) is 4.79 Å². The van der Waals surface area contributed by atoms with Crippen molar-refractivity contribution in [2.75, 3.05) is 5.75 Å². The van der Waals surface area contributed by atoms with Crippen molar-refractivity contribution in [2.45, 2.75) is 12.1 Å². The number of benzene rings is 1. The second-order valence-corrected chi connectivity index (χ2v) is 5.22. The molecule has 2 N–H and O–H groups in total. The average molecular weight is 301 g/mol. The summed E-state index contributed by atoms with van der Waals surface area (Å²) in [4.78, 5) is 29.1. The number of aromatic nitrogens is 2. The van der Waals surface area contributed by atoms with Gasteiger partial charge in [0.2, 0.25) is 0 Å². The Morgan fingerprint density at radius 1 is 1.43 bits per heavy atom. The van der Waals surface area contributed by atoms with Gasteiger partial charge in [0.05, 0.1) is 11.4 Å². The van der Waals surface area contributed by atoms with Crippen molar-refractivity contribution in [1.82, 2.24) is 9.97 Å². The zero-order valence-corrected chi connectivity index (χ0v) is 11.9. The molecule has 2 aromatic rings. The van der Waals surface area contributed by atoms with Crippen LogP contribution in [0.5, 0.6) is 0 Å². The van der Waals surface area contributed by atoms with Gasteiger partial charge in [-0.05, 0) is 6.92 Å². The fourth-order valence-corrected chi connectivity index (χ4v) is 2.26. The molecule has 0 bridgehead atoms. The molecule has 0 radical (unpaired) electrons. The number of aryl methyl sites for hydroxylation is 1. The lowest BCUT2D eigenvalue weighted by Gasteiger charge is -2.06. The van der Waals surface area contributed by atoms with Crippen LogP contribution in [-0.4, -0.2) is 26.8 Å². The van der Waals surface area contributed by atoms with E-state index >= 15 is 0 Å². The minimum atomic E-state index is -1.01. The molecule has 0 fully saturated rings. The summed E-state index contributed by atoms with van der Waals surface area (Å²) in [6.45, 7) is 1.92. The lowest BCUT2D eigenvalue weighted by atomic mass is 10.1. The van der Waals surface area contributed by atoms with Gasteiger partial charge in [-0.2, -0.15) is 5.26 Å². The van der Waals surface area contributed by atoms with Crippen LogP contribution in [0.15, 0.2) is 34.2 Å². The maximum absolute atomic E-state index is 11.9. The highest BCUT2D eigenvalue weighted by atomic mass is 32.2. The molecule has 0 spiro atoms. The fourth-order valence-electron chi connectivity index (χ4n) is 1.68. The number of aromatic amines is 1. The Morgan fingerprint density at radius 3 is 2.67 bits per heavy atom. The molecular weight excluding hydrogens is 290 g/mol. The Morgan fingerprint density at radius 2 is 2.10 bits per heavy atom. The number of H-pyrrole nitrogens is 1. The monoisotopic (exact) mass is 301 g/mol. The smallest absolute Gasteiger partial charge is 0.313 e. The number of nitrogens with one attached hydrogen (secondary N) is 1. The van der Waals surface area contributed by atoms with E-state index in [1.165, 1.54) is 0 Å². The van der Waals surface area contributed by atoms with E-state index < -0.39 is 11.5 Å². The van der Waals surface area contributed by atoms with Crippen molar-refractivity contribution >= 4 is 17.7 Å². The molecule has 0 saturated heterocycles. The second kappa shape index (κ2) is 6.24. The minimum absolute atomic E-state index is 0.0847. The van der Waals surface area contributed by atoms with Gasteiger partial charge in [-0.15, -0.1) is 0 Å². The predicted octanol–water partition coefficient (Wildman–Crippen LogP) is 1.79. The van der Waals surface area contributed by atoms with Crippen molar-refractivity contribution in [3.8, 4) is 17.3 Å². The van der Waals surface area contributed by atoms with Crippen LogP contribution in [0, 0.1) is 18.3 Å². The summed E-state index contributed by atoms with van der Waals surface area (Å²) < 4.78 is 0. The number of hydrogen-bond acceptors (Lipinski definition) is 5. The van der Waals surface area contributed by atoms with Gasteiger partial charge < -0.3 is 10.1 Å². The van der Waals surface area contributed by atoms with Gasteiger partial charge in [-0.25, -0.2) is 4.98 Å². The standard InChI is InChI=1S/C14H11N3O3S/c1-8-2-4-9(5-3-8)12-10(6-15)13(20)17-14(16-12)21-7-11(18)19/h2-5H,7H2,1H3,(H,18,19)(H,16,17,20). The van der Waals surface area contributed by atoms with Crippen LogP contribution in [0.3, 0.4) is 0 Å². The summed E-state index contributed by atoms with van der Waals surface area (Å²) in [6.07, 6.45) is 0. The number of thioether (sulfide) groups is 1. The Bertz CT molecular complexity index is 776. The van der Waals surface area contributed by atoms with Gasteiger partial charge in [0.15, 0.2) is 5.16 Å². The van der Waals surface area contributed by atoms with Gasteiger partial charge in [-0.3, -0.25) is 9.59 Å². The normalized spacial score (nSPS) is 10.1. The zero-order chi connectivity index (χ0) is 15.4. The molecule has 0 aliphatic carbocycles. The van der Waals surface area contributed by atoms with Crippen molar-refractivity contribution in [3.63, 3.8) is 0 Å². The van der Waals surface area contributed by atoms with E-state index in [1.54, 1.807) is 12.1 Å². The number of hydrogen-bond donors (Lipinski definition) is 2. The van der Waals surface area contributed by atoms with Crippen LogP contribution >= 0.6 is 11.8 Å². The Kier molecular flexibility index (Phi) is 4.40. The molecule has 7 heteroatoms. The SMILES string of the molecule is Cc1ccc(-c2nc(SCC(=O)O)[nH]c(=O)c2C#N)cc1. The number of carboxylic acid groups (broad SMARTS) is 1. The number of rotatable bonds is 4. The van der Waals surface area contributed by atoms with Gasteiger partial charge in [0.1, 0.15) is 11.6 Å². The van der Waals surface area contributed by atoms with Crippen LogP contribution < -0.4 is 5.56 Å². The van der Waals surface area contributed by atoms with Crippen molar-refractivity contribution in [1.29, 1.82) is 5.26 Å². The Labute approximate surface area is 124 Å². The maximum atomic E-state index is 11.9. The highest BCUT2D eigenvalue weighted by Gasteiger charge is 2.14. The average Bonchev–Trinajstić information content (AvgIpc) is 2.45. The van der Waals surface area contributed by atoms with E-state index in [-0.39, 0.29) is 22.2 Å². The van der Waals surface area contributed by atoms with Gasteiger partial charge >= 0.3 is 5.97 Å². The predicted molar refractivity (Wildman–Crippen MR) is 78.1 cm³/mol. The molecule has 21 heavy (non-hydrogen) atoms. The third kappa shape index (κ3) is 3.49. The first-order chi connectivity index (χ1) is 10.0. The lowest BCUT2D eigenvalue weighted by Crippen LogP contribution is -2.15. The molecule has 1 heterocycles. The molecule has 1 aromatic heterocycles. The summed E-state index contributed by atoms with van der Waals surface area (Å²) in [5.41, 5.74) is 1.28. The molecule has 0 aliphatic heterocycles. The van der Waals surface area contributed by atoms with E-state index in [0.29, 0.717) is 5.56 Å². The van der Waals surface area contributed by atoms with E-state index in [4.69, 9.17) is 10.4 Å². The highest BCUT2D eigenvalue weighted by Crippen LogP contribution is 2.22. The second-order valence-electron chi connectivity index (χ2n) is 4.25. The number of nitrogens with zero attached hydrogens (tertiary/aromatic N) is 2. The van der Waals surface area contributed by atoms with Gasteiger partial charge in [0, 0.05) is 5.56 Å². The first-order valence-electron chi connectivity index (χ1n) is 5.97. The topological polar surface area (TPSA) is 107 Å². The minimum Gasteiger partial charge on any atom is -0.481 e. The molecule has 6 nitrogen and oxygen atoms in total. The molecule has 2 rings (SSSR count). The van der Waals surface area contributed by atoms with Crippen molar-refractivity contribution in [2.24, 2.45) is 0 Å². The molecule has 0 saturated carbocycles. The summed E-state index contributed by atoms with van der Waals surface area (Å²) in [5, 5.41) is 18.0. The van der Waals surface area contributed by atoms with Crippen LogP contribution in [0.1, 0.15) is 11.1 Å². The number of carbonyl (C=O) groups is 1. The quantitative estimate of drug-likeness (QED) is 0.658. The van der Waals surface area contributed by atoms with Gasteiger partial charge in [-0.1, -0.05) is 41.6 Å². The summed E-state index contributed by atoms with van der Waals surface area (Å²) in [5.74, 6) is -1.23. The third-order valence-electron chi connectivity index (χ3n) is 2.67. The molecular formula is C14H11N3O3S. The fraction of sp³-hybridized carbons (Fsp3) is 0.143. The molecule has 0 atom stereocenters. The highest BCUT2D eigenvalue weighted by molar-refractivity contribution is 7.99. The summed E-state index contributed by atoms with van der Waals surface area (Å²) in [6, 6.07) is 9.07. The Balaban J connectivity index is 2.52. The number of nitriles is 1. The number of aliphatic carboxylic acids is 1. The molecule has 0 amide bonds. The molecule has 1 aromatic carbocycles. The first-order valence-corrected chi connectivity index (χ1v) is 6.96. The first kappa shape index (κ1) is 14.8. The van der Waals surface area contributed by atoms with Crippen LogP contribution in [0.2, 0.25) is 0 Å². The van der Waals surface area contributed by atoms with Crippen LogP contribution in [0.4, 0.5) is 0 Å². The summed E-state index contributed by atoms with van der Waals surface area (Å²) >= 11 is 0.898. The van der Waals surface area contributed by atoms with E-state index in [0.717, 1.165) is 17.3 Å². The lowest BCUT2D eigenvalue weighted by molar-refractivity contribution is -0.133. The largest absolute Gasteiger partial charge is 0.481 e. The van der Waals surface area contributed by atoms with Crippen molar-refractivity contribution < 1.29 is 9.90 Å². The third-order valence-corrected chi connectivity index (χ3v) is 3.52. The molecule has 106 valence electrons. The number of carboxylic acids is 1. The van der Waals surface area contributed by atoms with Gasteiger partial charge in [0.25, 0.3) is 5.56 Å². The molecule has 0 unspecified atom stereocenters. The zero-order valence-electron chi connectivity index (χ0n) is 11.1. The van der Waals surface area contributed by atoms with E-state index in [9.17, 15) is 9.59 Å². The maximum Gasteiger partial charge on any atom is 0.313 e. The Hall–Kier alpha value is -2.59. The summed E-state index contributed by atoms with van der Waals surface area (Å²) in [7, 11) is 0.